The van der Waals surface area contributed by atoms with Crippen molar-refractivity contribution in [3.05, 3.63) is 53.9 Å². The number of ether oxygens (including phenoxy) is 3. The van der Waals surface area contributed by atoms with Gasteiger partial charge in [0.05, 0.1) is 17.2 Å². The van der Waals surface area contributed by atoms with E-state index in [9.17, 15) is 13.2 Å². The highest BCUT2D eigenvalue weighted by molar-refractivity contribution is 7.90. The fourth-order valence-electron chi connectivity index (χ4n) is 4.08. The number of allylic oxidation sites excluding steroid dienone is 2. The van der Waals surface area contributed by atoms with Gasteiger partial charge in [-0.15, -0.1) is 0 Å². The summed E-state index contributed by atoms with van der Waals surface area (Å²) in [6.07, 6.45) is 9.30. The third-order valence-corrected chi connectivity index (χ3v) is 7.47. The van der Waals surface area contributed by atoms with Crippen molar-refractivity contribution in [2.45, 2.75) is 62.7 Å². The zero-order chi connectivity index (χ0) is 23.3. The number of aromatic nitrogens is 1. The van der Waals surface area contributed by atoms with E-state index in [1.165, 1.54) is 23.3 Å². The summed E-state index contributed by atoms with van der Waals surface area (Å²) in [4.78, 5) is 11.6. The maximum Gasteiger partial charge on any atom is 0.407 e. The summed E-state index contributed by atoms with van der Waals surface area (Å²) < 4.78 is 45.3. The zero-order valence-corrected chi connectivity index (χ0v) is 19.6. The van der Waals surface area contributed by atoms with Crippen LogP contribution in [0, 0.1) is 0 Å². The highest BCUT2D eigenvalue weighted by Gasteiger charge is 2.25. The van der Waals surface area contributed by atoms with Crippen LogP contribution in [0.25, 0.3) is 5.57 Å². The van der Waals surface area contributed by atoms with Gasteiger partial charge in [-0.05, 0) is 62.3 Å². The predicted molar refractivity (Wildman–Crippen MR) is 123 cm³/mol. The fraction of sp³-hybridized carbons (Fsp3) is 0.458. The molecule has 1 aromatic carbocycles. The van der Waals surface area contributed by atoms with E-state index in [-0.39, 0.29) is 17.8 Å². The van der Waals surface area contributed by atoms with Gasteiger partial charge in [0, 0.05) is 31.3 Å². The first kappa shape index (κ1) is 23.4. The third kappa shape index (κ3) is 5.59. The Bertz CT molecular complexity index is 1120. The molecule has 1 atom stereocenters. The van der Waals surface area contributed by atoms with Crippen molar-refractivity contribution >= 4 is 21.7 Å². The van der Waals surface area contributed by atoms with Gasteiger partial charge in [0.1, 0.15) is 12.4 Å². The lowest BCUT2D eigenvalue weighted by atomic mass is 9.97. The Balaban J connectivity index is 1.65. The van der Waals surface area contributed by atoms with Crippen LogP contribution in [0.1, 0.15) is 56.2 Å². The Morgan fingerprint density at radius 2 is 2.09 bits per heavy atom. The molecule has 2 heterocycles. The second-order valence-electron chi connectivity index (χ2n) is 8.22. The molecule has 1 aliphatic carbocycles. The van der Waals surface area contributed by atoms with Crippen LogP contribution in [0.2, 0.25) is 0 Å². The summed E-state index contributed by atoms with van der Waals surface area (Å²) in [5.74, 6) is 0.455. The summed E-state index contributed by atoms with van der Waals surface area (Å²) in [5, 5.41) is 2.39. The third-order valence-electron chi connectivity index (χ3n) is 5.80. The van der Waals surface area contributed by atoms with E-state index in [1.807, 2.05) is 0 Å². The molecule has 1 aliphatic heterocycles. The van der Waals surface area contributed by atoms with Gasteiger partial charge in [-0.1, -0.05) is 12.1 Å². The predicted octanol–water partition coefficient (Wildman–Crippen LogP) is 4.44. The Morgan fingerprint density at radius 1 is 1.21 bits per heavy atom. The highest BCUT2D eigenvalue weighted by Crippen LogP contribution is 2.32. The lowest BCUT2D eigenvalue weighted by molar-refractivity contribution is -0.106. The molecule has 33 heavy (non-hydrogen) atoms. The van der Waals surface area contributed by atoms with Crippen LogP contribution in [0.4, 0.5) is 4.79 Å². The first-order valence-corrected chi connectivity index (χ1v) is 12.8. The standard InChI is InChI=1S/C24H30N2O6S/c1-25-24(27)31-17-18-14-22(19-8-3-2-4-9-19)26(16-18)33(28,29)21-11-7-10-20(15-21)32-23-12-5-6-13-30-23/h7-8,10-11,14-16,23H,2-6,9,12-13,17H2,1H3,(H,25,27). The largest absolute Gasteiger partial charge is 0.465 e. The number of benzene rings is 1. The molecule has 0 radical (unpaired) electrons. The Kier molecular flexibility index (Phi) is 7.39. The summed E-state index contributed by atoms with van der Waals surface area (Å²) >= 11 is 0. The van der Waals surface area contributed by atoms with Crippen LogP contribution in [0.5, 0.6) is 5.75 Å². The molecule has 1 N–H and O–H groups in total. The second kappa shape index (κ2) is 10.4. The van der Waals surface area contributed by atoms with E-state index in [0.29, 0.717) is 23.6 Å². The monoisotopic (exact) mass is 474 g/mol. The SMILES string of the molecule is CNC(=O)OCc1cc(C2=CCCCC2)n(S(=O)(=O)c2cccc(OC3CCCCO3)c2)c1. The van der Waals surface area contributed by atoms with Gasteiger partial charge >= 0.3 is 6.09 Å². The molecular formula is C24H30N2O6S. The van der Waals surface area contributed by atoms with Crippen molar-refractivity contribution in [3.8, 4) is 5.75 Å². The molecule has 4 rings (SSSR count). The molecule has 1 aromatic heterocycles. The lowest BCUT2D eigenvalue weighted by Crippen LogP contribution is -2.25. The van der Waals surface area contributed by atoms with Crippen LogP contribution >= 0.6 is 0 Å². The number of alkyl carbamates (subject to hydrolysis) is 1. The average Bonchev–Trinajstić information content (AvgIpc) is 3.29. The Hall–Kier alpha value is -2.78. The van der Waals surface area contributed by atoms with Crippen LogP contribution in [-0.4, -0.2) is 38.4 Å². The minimum Gasteiger partial charge on any atom is -0.465 e. The van der Waals surface area contributed by atoms with E-state index < -0.39 is 16.1 Å². The van der Waals surface area contributed by atoms with Crippen LogP contribution in [0.3, 0.4) is 0 Å². The number of hydrogen-bond donors (Lipinski definition) is 1. The molecular weight excluding hydrogens is 444 g/mol. The first-order valence-electron chi connectivity index (χ1n) is 11.4. The number of nitrogens with zero attached hydrogens (tertiary/aromatic N) is 1. The van der Waals surface area contributed by atoms with E-state index >= 15 is 0 Å². The van der Waals surface area contributed by atoms with Crippen LogP contribution in [0.15, 0.2) is 47.5 Å². The molecule has 1 unspecified atom stereocenters. The lowest BCUT2D eigenvalue weighted by Gasteiger charge is -2.23. The summed E-state index contributed by atoms with van der Waals surface area (Å²) in [7, 11) is -2.43. The Labute approximate surface area is 194 Å². The van der Waals surface area contributed by atoms with Crippen molar-refractivity contribution in [2.24, 2.45) is 0 Å². The smallest absolute Gasteiger partial charge is 0.407 e. The average molecular weight is 475 g/mol. The minimum atomic E-state index is -3.91. The fourth-order valence-corrected chi connectivity index (χ4v) is 5.52. The van der Waals surface area contributed by atoms with E-state index in [0.717, 1.165) is 50.5 Å². The topological polar surface area (TPSA) is 95.9 Å². The highest BCUT2D eigenvalue weighted by atomic mass is 32.2. The minimum absolute atomic E-state index is 0.0232. The number of nitrogens with one attached hydrogen (secondary N) is 1. The molecule has 2 aliphatic rings. The molecule has 0 saturated carbocycles. The summed E-state index contributed by atoms with van der Waals surface area (Å²) in [6.45, 7) is 0.621. The molecule has 1 amide bonds. The van der Waals surface area contributed by atoms with Gasteiger partial charge in [0.25, 0.3) is 10.0 Å². The van der Waals surface area contributed by atoms with Gasteiger partial charge in [-0.3, -0.25) is 0 Å². The zero-order valence-electron chi connectivity index (χ0n) is 18.8. The molecule has 0 spiro atoms. The van der Waals surface area contributed by atoms with Crippen molar-refractivity contribution in [1.29, 1.82) is 0 Å². The molecule has 1 saturated heterocycles. The maximum absolute atomic E-state index is 13.7. The second-order valence-corrected chi connectivity index (χ2v) is 10.0. The Morgan fingerprint density at radius 3 is 2.82 bits per heavy atom. The van der Waals surface area contributed by atoms with E-state index in [1.54, 1.807) is 24.3 Å². The van der Waals surface area contributed by atoms with Gasteiger partial charge < -0.3 is 19.5 Å². The molecule has 1 fully saturated rings. The van der Waals surface area contributed by atoms with E-state index in [2.05, 4.69) is 11.4 Å². The number of amides is 1. The van der Waals surface area contributed by atoms with Gasteiger partial charge in [0.2, 0.25) is 0 Å². The number of carbonyl (C=O) groups excluding carboxylic acids is 1. The van der Waals surface area contributed by atoms with Crippen LogP contribution in [-0.2, 0) is 26.1 Å². The number of rotatable bonds is 7. The number of hydrogen-bond acceptors (Lipinski definition) is 6. The summed E-state index contributed by atoms with van der Waals surface area (Å²) in [5.41, 5.74) is 2.19. The molecule has 9 heteroatoms. The van der Waals surface area contributed by atoms with Crippen molar-refractivity contribution in [2.75, 3.05) is 13.7 Å². The van der Waals surface area contributed by atoms with Gasteiger partial charge in [-0.25, -0.2) is 17.2 Å². The quantitative estimate of drug-likeness (QED) is 0.637. The normalized spacial score (nSPS) is 18.9. The number of carbonyl (C=O) groups is 1. The van der Waals surface area contributed by atoms with Gasteiger partial charge in [-0.2, -0.15) is 0 Å². The molecule has 2 aromatic rings. The van der Waals surface area contributed by atoms with Crippen molar-refractivity contribution in [1.82, 2.24) is 9.29 Å². The summed E-state index contributed by atoms with van der Waals surface area (Å²) in [6, 6.07) is 8.29. The maximum atomic E-state index is 13.7. The van der Waals surface area contributed by atoms with Crippen LogP contribution < -0.4 is 10.1 Å². The van der Waals surface area contributed by atoms with Crippen molar-refractivity contribution < 1.29 is 27.4 Å². The first-order chi connectivity index (χ1) is 16.0. The van der Waals surface area contributed by atoms with Crippen molar-refractivity contribution in [3.63, 3.8) is 0 Å². The van der Waals surface area contributed by atoms with Gasteiger partial charge in [0.15, 0.2) is 6.29 Å². The van der Waals surface area contributed by atoms with E-state index in [4.69, 9.17) is 14.2 Å². The molecule has 8 nitrogen and oxygen atoms in total. The molecule has 0 bridgehead atoms. The molecule has 178 valence electrons.